The lowest BCUT2D eigenvalue weighted by molar-refractivity contribution is 0.259. The minimum absolute atomic E-state index is 0.605. The van der Waals surface area contributed by atoms with Gasteiger partial charge in [-0.25, -0.2) is 14.8 Å². The largest absolute Gasteiger partial charge is 0.373 e. The van der Waals surface area contributed by atoms with Gasteiger partial charge in [0.05, 0.1) is 5.69 Å². The molecule has 5 N–H and O–H groups in total. The van der Waals surface area contributed by atoms with Crippen molar-refractivity contribution >= 4 is 29.0 Å². The summed E-state index contributed by atoms with van der Waals surface area (Å²) in [6.45, 7) is 3.87. The Morgan fingerprint density at radius 3 is 2.69 bits per heavy atom. The second kappa shape index (κ2) is 7.09. The van der Waals surface area contributed by atoms with Crippen LogP contribution in [0.1, 0.15) is 11.3 Å². The third kappa shape index (κ3) is 3.72. The van der Waals surface area contributed by atoms with Crippen LogP contribution in [0, 0.1) is 13.8 Å². The van der Waals surface area contributed by atoms with E-state index in [1.54, 1.807) is 23.9 Å². The van der Waals surface area contributed by atoms with E-state index in [4.69, 9.17) is 5.73 Å². The summed E-state index contributed by atoms with van der Waals surface area (Å²) in [4.78, 5) is 19.5. The lowest BCUT2D eigenvalue weighted by atomic mass is 10.2. The molecule has 0 saturated heterocycles. The Morgan fingerprint density at radius 2 is 1.96 bits per heavy atom. The van der Waals surface area contributed by atoms with E-state index < -0.39 is 6.03 Å². The van der Waals surface area contributed by atoms with Gasteiger partial charge in [-0.3, -0.25) is 0 Å². The standard InChI is InChI=1S/C17H20N8O/c1-10-4-5-12(22-17(18)26)7-13(10)23-16-6-11(2)24-25(16)15-8-14(19-3)20-9-21-15/h4-9,23H,1-3H3,(H3,18,22,26)(H,19,20,21). The van der Waals surface area contributed by atoms with Crippen molar-refractivity contribution in [2.24, 2.45) is 5.73 Å². The number of nitrogens with one attached hydrogen (secondary N) is 3. The van der Waals surface area contributed by atoms with Crippen molar-refractivity contribution in [2.45, 2.75) is 13.8 Å². The molecule has 0 radical (unpaired) electrons. The summed E-state index contributed by atoms with van der Waals surface area (Å²) < 4.78 is 1.70. The molecule has 0 aliphatic carbocycles. The molecule has 0 spiro atoms. The molecule has 1 aromatic carbocycles. The van der Waals surface area contributed by atoms with Crippen LogP contribution in [0.3, 0.4) is 0 Å². The third-order valence-electron chi connectivity index (χ3n) is 3.73. The number of nitrogens with zero attached hydrogens (tertiary/aromatic N) is 4. The Hall–Kier alpha value is -3.62. The van der Waals surface area contributed by atoms with Crippen molar-refractivity contribution in [3.05, 3.63) is 47.9 Å². The van der Waals surface area contributed by atoms with Crippen LogP contribution in [0.2, 0.25) is 0 Å². The molecule has 2 aromatic heterocycles. The molecule has 0 atom stereocenters. The minimum atomic E-state index is -0.610. The van der Waals surface area contributed by atoms with Crippen LogP contribution in [0.5, 0.6) is 0 Å². The molecular weight excluding hydrogens is 332 g/mol. The third-order valence-corrected chi connectivity index (χ3v) is 3.73. The van der Waals surface area contributed by atoms with Crippen LogP contribution in [0.25, 0.3) is 5.82 Å². The average molecular weight is 352 g/mol. The molecule has 0 bridgehead atoms. The highest BCUT2D eigenvalue weighted by Gasteiger charge is 2.11. The molecule has 0 aliphatic rings. The van der Waals surface area contributed by atoms with Gasteiger partial charge in [-0.15, -0.1) is 0 Å². The highest BCUT2D eigenvalue weighted by Crippen LogP contribution is 2.26. The molecule has 0 aliphatic heterocycles. The van der Waals surface area contributed by atoms with Crippen LogP contribution < -0.4 is 21.7 Å². The number of aryl methyl sites for hydroxylation is 2. The fraction of sp³-hybridized carbons (Fsp3) is 0.176. The van der Waals surface area contributed by atoms with Gasteiger partial charge in [-0.05, 0) is 31.5 Å². The molecule has 9 heteroatoms. The molecule has 0 saturated carbocycles. The van der Waals surface area contributed by atoms with Gasteiger partial charge in [0, 0.05) is 30.6 Å². The zero-order chi connectivity index (χ0) is 18.7. The Labute approximate surface area is 150 Å². The molecule has 0 fully saturated rings. The number of hydrogen-bond donors (Lipinski definition) is 4. The summed E-state index contributed by atoms with van der Waals surface area (Å²) in [6.07, 6.45) is 1.48. The number of carbonyl (C=O) groups excluding carboxylic acids is 1. The quantitative estimate of drug-likeness (QED) is 0.560. The zero-order valence-corrected chi connectivity index (χ0v) is 14.7. The molecule has 134 valence electrons. The maximum atomic E-state index is 11.1. The fourth-order valence-corrected chi connectivity index (χ4v) is 2.48. The summed E-state index contributed by atoms with van der Waals surface area (Å²) in [5.41, 5.74) is 8.45. The van der Waals surface area contributed by atoms with Crippen LogP contribution in [0.4, 0.5) is 27.8 Å². The van der Waals surface area contributed by atoms with E-state index in [2.05, 4.69) is 31.0 Å². The van der Waals surface area contributed by atoms with Crippen molar-refractivity contribution < 1.29 is 4.79 Å². The first-order chi connectivity index (χ1) is 12.5. The summed E-state index contributed by atoms with van der Waals surface area (Å²) >= 11 is 0. The van der Waals surface area contributed by atoms with Gasteiger partial charge in [0.25, 0.3) is 0 Å². The van der Waals surface area contributed by atoms with E-state index >= 15 is 0 Å². The van der Waals surface area contributed by atoms with Gasteiger partial charge in [0.15, 0.2) is 5.82 Å². The van der Waals surface area contributed by atoms with Gasteiger partial charge in [0.2, 0.25) is 0 Å². The highest BCUT2D eigenvalue weighted by molar-refractivity contribution is 5.88. The summed E-state index contributed by atoms with van der Waals surface area (Å²) in [7, 11) is 1.79. The second-order valence-electron chi connectivity index (χ2n) is 5.74. The Morgan fingerprint density at radius 1 is 1.15 bits per heavy atom. The average Bonchev–Trinajstić information content (AvgIpc) is 2.98. The topological polar surface area (TPSA) is 123 Å². The van der Waals surface area contributed by atoms with E-state index in [-0.39, 0.29) is 0 Å². The Balaban J connectivity index is 1.97. The number of benzene rings is 1. The smallest absolute Gasteiger partial charge is 0.316 e. The predicted octanol–water partition coefficient (Wildman–Crippen LogP) is 2.56. The number of hydrogen-bond acceptors (Lipinski definition) is 6. The molecule has 9 nitrogen and oxygen atoms in total. The fourth-order valence-electron chi connectivity index (χ4n) is 2.48. The van der Waals surface area contributed by atoms with Crippen molar-refractivity contribution in [3.8, 4) is 5.82 Å². The van der Waals surface area contributed by atoms with Crippen LogP contribution in [0.15, 0.2) is 36.7 Å². The number of aromatic nitrogens is 4. The van der Waals surface area contributed by atoms with Crippen LogP contribution >= 0.6 is 0 Å². The zero-order valence-electron chi connectivity index (χ0n) is 14.7. The predicted molar refractivity (Wildman–Crippen MR) is 101 cm³/mol. The molecular formula is C17H20N8O. The van der Waals surface area contributed by atoms with Crippen LogP contribution in [-0.4, -0.2) is 32.8 Å². The minimum Gasteiger partial charge on any atom is -0.373 e. The first kappa shape index (κ1) is 17.2. The summed E-state index contributed by atoms with van der Waals surface area (Å²) in [5.74, 6) is 2.06. The first-order valence-electron chi connectivity index (χ1n) is 7.97. The molecule has 2 heterocycles. The SMILES string of the molecule is CNc1cc(-n2nc(C)cc2Nc2cc(NC(N)=O)ccc2C)ncn1. The first-order valence-corrected chi connectivity index (χ1v) is 7.97. The lowest BCUT2D eigenvalue weighted by Gasteiger charge is -2.13. The van der Waals surface area contributed by atoms with Gasteiger partial charge in [0.1, 0.15) is 18.0 Å². The maximum Gasteiger partial charge on any atom is 0.316 e. The van der Waals surface area contributed by atoms with E-state index in [1.165, 1.54) is 6.33 Å². The molecule has 3 rings (SSSR count). The molecule has 3 aromatic rings. The molecule has 26 heavy (non-hydrogen) atoms. The van der Waals surface area contributed by atoms with Gasteiger partial charge in [-0.1, -0.05) is 6.07 Å². The van der Waals surface area contributed by atoms with Gasteiger partial charge >= 0.3 is 6.03 Å². The highest BCUT2D eigenvalue weighted by atomic mass is 16.2. The number of carbonyl (C=O) groups is 1. The van der Waals surface area contributed by atoms with Crippen molar-refractivity contribution in [2.75, 3.05) is 23.0 Å². The van der Waals surface area contributed by atoms with E-state index in [9.17, 15) is 4.79 Å². The van der Waals surface area contributed by atoms with E-state index in [0.717, 1.165) is 22.8 Å². The normalized spacial score (nSPS) is 10.4. The number of nitrogens with two attached hydrogens (primary N) is 1. The molecule has 2 amide bonds. The molecule has 0 unspecified atom stereocenters. The van der Waals surface area contributed by atoms with Crippen molar-refractivity contribution in [1.29, 1.82) is 0 Å². The summed E-state index contributed by atoms with van der Waals surface area (Å²) in [5, 5.41) is 13.4. The summed E-state index contributed by atoms with van der Waals surface area (Å²) in [6, 6.07) is 8.60. The monoisotopic (exact) mass is 352 g/mol. The Bertz CT molecular complexity index is 950. The number of rotatable bonds is 5. The van der Waals surface area contributed by atoms with E-state index in [1.807, 2.05) is 32.0 Å². The lowest BCUT2D eigenvalue weighted by Crippen LogP contribution is -2.19. The van der Waals surface area contributed by atoms with Crippen LogP contribution in [-0.2, 0) is 0 Å². The van der Waals surface area contributed by atoms with Gasteiger partial charge < -0.3 is 21.7 Å². The Kier molecular flexibility index (Phi) is 4.70. The van der Waals surface area contributed by atoms with Crippen molar-refractivity contribution in [1.82, 2.24) is 19.7 Å². The van der Waals surface area contributed by atoms with Gasteiger partial charge in [-0.2, -0.15) is 9.78 Å². The van der Waals surface area contributed by atoms with Crippen molar-refractivity contribution in [3.63, 3.8) is 0 Å². The number of amides is 2. The number of primary amides is 1. The van der Waals surface area contributed by atoms with E-state index in [0.29, 0.717) is 17.3 Å². The number of urea groups is 1. The maximum absolute atomic E-state index is 11.1. The number of anilines is 4. The second-order valence-corrected chi connectivity index (χ2v) is 5.74.